The van der Waals surface area contributed by atoms with Crippen molar-refractivity contribution in [3.8, 4) is 0 Å². The lowest BCUT2D eigenvalue weighted by Gasteiger charge is -2.18. The third-order valence-corrected chi connectivity index (χ3v) is 3.79. The van der Waals surface area contributed by atoms with Gasteiger partial charge in [-0.25, -0.2) is 0 Å². The molecule has 20 heavy (non-hydrogen) atoms. The predicted octanol–water partition coefficient (Wildman–Crippen LogP) is 5.23. The first-order chi connectivity index (χ1) is 9.84. The third-order valence-electron chi connectivity index (χ3n) is 3.79. The topological polar surface area (TPSA) is 0 Å². The van der Waals surface area contributed by atoms with Gasteiger partial charge in [0.15, 0.2) is 0 Å². The minimum atomic E-state index is 0.371. The molecule has 0 heterocycles. The van der Waals surface area contributed by atoms with Crippen LogP contribution in [0.4, 0.5) is 0 Å². The van der Waals surface area contributed by atoms with E-state index < -0.39 is 0 Å². The minimum absolute atomic E-state index is 0.371. The summed E-state index contributed by atoms with van der Waals surface area (Å²) in [5, 5.41) is 0. The van der Waals surface area contributed by atoms with E-state index in [0.717, 1.165) is 0 Å². The quantitative estimate of drug-likeness (QED) is 0.707. The first kappa shape index (κ1) is 12.7. The molecule has 0 bridgehead atoms. The second-order valence-electron chi connectivity index (χ2n) is 5.17. The molecule has 0 saturated heterocycles. The Labute approximate surface area is 120 Å². The summed E-state index contributed by atoms with van der Waals surface area (Å²) in [6.07, 6.45) is 8.88. The van der Waals surface area contributed by atoms with Crippen LogP contribution in [0, 0.1) is 5.92 Å². The van der Waals surface area contributed by atoms with E-state index >= 15 is 0 Å². The lowest BCUT2D eigenvalue weighted by Crippen LogP contribution is -2.05. The molecule has 2 aromatic carbocycles. The van der Waals surface area contributed by atoms with E-state index in [9.17, 15) is 0 Å². The van der Waals surface area contributed by atoms with Gasteiger partial charge >= 0.3 is 0 Å². The molecule has 2 aromatic rings. The second-order valence-corrected chi connectivity index (χ2v) is 5.17. The zero-order chi connectivity index (χ0) is 13.8. The Bertz CT molecular complexity index is 632. The Morgan fingerprint density at radius 1 is 0.850 bits per heavy atom. The molecule has 0 spiro atoms. The standard InChI is InChI=1S/C20H18/c1-16-12-14-19(15-13-17-8-4-2-5-9-17)20(16)18-10-6-3-7-11-18/h2-15,19-20H,1H2/b15-13+/t19-,20-/m0/s1. The van der Waals surface area contributed by atoms with Crippen LogP contribution in [-0.4, -0.2) is 0 Å². The number of allylic oxidation sites excluding steroid dienone is 4. The van der Waals surface area contributed by atoms with Crippen LogP contribution in [0.1, 0.15) is 17.0 Å². The largest absolute Gasteiger partial charge is 0.0952 e. The summed E-state index contributed by atoms with van der Waals surface area (Å²) in [5.74, 6) is 0.765. The van der Waals surface area contributed by atoms with Crippen LogP contribution in [0.3, 0.4) is 0 Å². The fourth-order valence-electron chi connectivity index (χ4n) is 2.75. The van der Waals surface area contributed by atoms with Crippen LogP contribution in [0.2, 0.25) is 0 Å². The monoisotopic (exact) mass is 258 g/mol. The first-order valence-corrected chi connectivity index (χ1v) is 7.00. The maximum Gasteiger partial charge on any atom is 0.0181 e. The fourth-order valence-corrected chi connectivity index (χ4v) is 2.75. The summed E-state index contributed by atoms with van der Waals surface area (Å²) in [6, 6.07) is 21.1. The zero-order valence-corrected chi connectivity index (χ0v) is 11.4. The summed E-state index contributed by atoms with van der Waals surface area (Å²) >= 11 is 0. The molecule has 0 heteroatoms. The van der Waals surface area contributed by atoms with Crippen LogP contribution < -0.4 is 0 Å². The van der Waals surface area contributed by atoms with Gasteiger partial charge in [-0.1, -0.05) is 91.5 Å². The van der Waals surface area contributed by atoms with Gasteiger partial charge in [-0.2, -0.15) is 0 Å². The summed E-state index contributed by atoms with van der Waals surface area (Å²) in [7, 11) is 0. The molecule has 0 radical (unpaired) electrons. The number of hydrogen-bond acceptors (Lipinski definition) is 0. The van der Waals surface area contributed by atoms with Crippen LogP contribution in [0.25, 0.3) is 6.08 Å². The molecule has 1 aliphatic rings. The van der Waals surface area contributed by atoms with Crippen molar-refractivity contribution in [1.29, 1.82) is 0 Å². The lowest BCUT2D eigenvalue weighted by atomic mass is 9.85. The average Bonchev–Trinajstić information content (AvgIpc) is 2.88. The van der Waals surface area contributed by atoms with Crippen molar-refractivity contribution in [1.82, 2.24) is 0 Å². The fraction of sp³-hybridized carbons (Fsp3) is 0.100. The Balaban J connectivity index is 1.84. The molecule has 0 saturated carbocycles. The lowest BCUT2D eigenvalue weighted by molar-refractivity contribution is 0.719. The Morgan fingerprint density at radius 2 is 1.50 bits per heavy atom. The highest BCUT2D eigenvalue weighted by atomic mass is 14.3. The van der Waals surface area contributed by atoms with Crippen LogP contribution >= 0.6 is 0 Å². The third kappa shape index (κ3) is 2.65. The molecule has 0 aromatic heterocycles. The SMILES string of the molecule is C=C1C=C[C@@H](/C=C/c2ccccc2)[C@@H]1c1ccccc1. The van der Waals surface area contributed by atoms with Crippen molar-refractivity contribution in [2.75, 3.05) is 0 Å². The predicted molar refractivity (Wildman–Crippen MR) is 86.4 cm³/mol. The normalized spacial score (nSPS) is 21.7. The van der Waals surface area contributed by atoms with Gasteiger partial charge in [-0.15, -0.1) is 0 Å². The van der Waals surface area contributed by atoms with Gasteiger partial charge in [0.2, 0.25) is 0 Å². The van der Waals surface area contributed by atoms with Gasteiger partial charge < -0.3 is 0 Å². The summed E-state index contributed by atoms with van der Waals surface area (Å²) in [5.41, 5.74) is 3.77. The van der Waals surface area contributed by atoms with Crippen molar-refractivity contribution in [3.63, 3.8) is 0 Å². The molecule has 0 amide bonds. The van der Waals surface area contributed by atoms with Gasteiger partial charge in [0.1, 0.15) is 0 Å². The van der Waals surface area contributed by atoms with Crippen molar-refractivity contribution < 1.29 is 0 Å². The molecular weight excluding hydrogens is 240 g/mol. The second kappa shape index (κ2) is 5.75. The Kier molecular flexibility index (Phi) is 3.64. The zero-order valence-electron chi connectivity index (χ0n) is 11.4. The number of benzene rings is 2. The smallest absolute Gasteiger partial charge is 0.0181 e. The first-order valence-electron chi connectivity index (χ1n) is 7.00. The molecule has 0 nitrogen and oxygen atoms in total. The molecule has 0 N–H and O–H groups in total. The van der Waals surface area contributed by atoms with Gasteiger partial charge in [-0.3, -0.25) is 0 Å². The van der Waals surface area contributed by atoms with E-state index in [1.807, 2.05) is 6.07 Å². The summed E-state index contributed by atoms with van der Waals surface area (Å²) in [4.78, 5) is 0. The van der Waals surface area contributed by atoms with E-state index in [4.69, 9.17) is 0 Å². The molecule has 0 aliphatic heterocycles. The van der Waals surface area contributed by atoms with Crippen molar-refractivity contribution in [2.45, 2.75) is 5.92 Å². The van der Waals surface area contributed by atoms with E-state index in [0.29, 0.717) is 11.8 Å². The molecule has 0 unspecified atom stereocenters. The van der Waals surface area contributed by atoms with Gasteiger partial charge in [0, 0.05) is 11.8 Å². The highest BCUT2D eigenvalue weighted by Crippen LogP contribution is 2.38. The van der Waals surface area contributed by atoms with Gasteiger partial charge in [0.25, 0.3) is 0 Å². The highest BCUT2D eigenvalue weighted by molar-refractivity contribution is 5.52. The maximum atomic E-state index is 4.20. The average molecular weight is 258 g/mol. The molecule has 3 rings (SSSR count). The number of rotatable bonds is 3. The summed E-state index contributed by atoms with van der Waals surface area (Å²) < 4.78 is 0. The van der Waals surface area contributed by atoms with Crippen molar-refractivity contribution >= 4 is 6.08 Å². The van der Waals surface area contributed by atoms with Crippen molar-refractivity contribution in [2.24, 2.45) is 5.92 Å². The Morgan fingerprint density at radius 3 is 2.20 bits per heavy atom. The van der Waals surface area contributed by atoms with E-state index in [2.05, 4.69) is 85.5 Å². The highest BCUT2D eigenvalue weighted by Gasteiger charge is 2.25. The molecule has 1 aliphatic carbocycles. The molecule has 2 atom stereocenters. The molecular formula is C20H18. The minimum Gasteiger partial charge on any atom is -0.0952 e. The van der Waals surface area contributed by atoms with Crippen LogP contribution in [0.15, 0.2) is 91.0 Å². The van der Waals surface area contributed by atoms with Crippen LogP contribution in [0.5, 0.6) is 0 Å². The van der Waals surface area contributed by atoms with Gasteiger partial charge in [0.05, 0.1) is 0 Å². The molecule has 98 valence electrons. The van der Waals surface area contributed by atoms with Gasteiger partial charge in [-0.05, 0) is 16.7 Å². The maximum absolute atomic E-state index is 4.20. The van der Waals surface area contributed by atoms with Crippen molar-refractivity contribution in [3.05, 3.63) is 102 Å². The summed E-state index contributed by atoms with van der Waals surface area (Å²) in [6.45, 7) is 4.20. The molecule has 0 fully saturated rings. The van der Waals surface area contributed by atoms with Crippen LogP contribution in [-0.2, 0) is 0 Å². The van der Waals surface area contributed by atoms with E-state index in [-0.39, 0.29) is 0 Å². The van der Waals surface area contributed by atoms with E-state index in [1.54, 1.807) is 0 Å². The Hall–Kier alpha value is -2.34. The number of hydrogen-bond donors (Lipinski definition) is 0. The van der Waals surface area contributed by atoms with E-state index in [1.165, 1.54) is 16.7 Å².